The van der Waals surface area contributed by atoms with Crippen LogP contribution in [0.5, 0.6) is 0 Å². The summed E-state index contributed by atoms with van der Waals surface area (Å²) in [5, 5.41) is 3.85. The molecular formula is C7H12N2O. The maximum absolute atomic E-state index is 5.38. The van der Waals surface area contributed by atoms with Gasteiger partial charge in [-0.15, -0.1) is 0 Å². The first-order valence-corrected chi connectivity index (χ1v) is 3.43. The zero-order valence-electron chi connectivity index (χ0n) is 6.35. The SMILES string of the molecule is CCc1noc(CN)c1C. The van der Waals surface area contributed by atoms with Crippen LogP contribution < -0.4 is 5.73 Å². The van der Waals surface area contributed by atoms with Crippen LogP contribution in [0.2, 0.25) is 0 Å². The van der Waals surface area contributed by atoms with Gasteiger partial charge in [-0.2, -0.15) is 0 Å². The van der Waals surface area contributed by atoms with Crippen molar-refractivity contribution in [3.63, 3.8) is 0 Å². The third kappa shape index (κ3) is 1.04. The van der Waals surface area contributed by atoms with E-state index in [1.54, 1.807) is 0 Å². The highest BCUT2D eigenvalue weighted by Gasteiger charge is 2.06. The van der Waals surface area contributed by atoms with Crippen LogP contribution in [0.25, 0.3) is 0 Å². The largest absolute Gasteiger partial charge is 0.359 e. The Morgan fingerprint density at radius 2 is 2.30 bits per heavy atom. The Morgan fingerprint density at radius 1 is 1.60 bits per heavy atom. The van der Waals surface area contributed by atoms with Crippen LogP contribution in [0, 0.1) is 6.92 Å². The van der Waals surface area contributed by atoms with E-state index in [-0.39, 0.29) is 0 Å². The number of aromatic nitrogens is 1. The lowest BCUT2D eigenvalue weighted by molar-refractivity contribution is 0.378. The molecule has 0 aliphatic carbocycles. The van der Waals surface area contributed by atoms with Gasteiger partial charge in [-0.3, -0.25) is 0 Å². The van der Waals surface area contributed by atoms with E-state index >= 15 is 0 Å². The lowest BCUT2D eigenvalue weighted by atomic mass is 10.2. The summed E-state index contributed by atoms with van der Waals surface area (Å²) in [6.45, 7) is 4.47. The molecule has 0 bridgehead atoms. The molecule has 1 aromatic heterocycles. The molecule has 0 aliphatic rings. The van der Waals surface area contributed by atoms with Crippen molar-refractivity contribution >= 4 is 0 Å². The van der Waals surface area contributed by atoms with Crippen LogP contribution >= 0.6 is 0 Å². The number of aryl methyl sites for hydroxylation is 1. The lowest BCUT2D eigenvalue weighted by Crippen LogP contribution is -1.96. The Kier molecular flexibility index (Phi) is 2.06. The fraction of sp³-hybridized carbons (Fsp3) is 0.571. The maximum atomic E-state index is 5.38. The summed E-state index contributed by atoms with van der Waals surface area (Å²) >= 11 is 0. The van der Waals surface area contributed by atoms with Crippen LogP contribution in [-0.4, -0.2) is 5.16 Å². The molecule has 0 saturated carbocycles. The molecule has 1 heterocycles. The molecule has 0 unspecified atom stereocenters. The Labute approximate surface area is 60.2 Å². The molecule has 0 saturated heterocycles. The molecule has 0 fully saturated rings. The van der Waals surface area contributed by atoms with Gasteiger partial charge in [0.2, 0.25) is 0 Å². The molecule has 0 radical (unpaired) electrons. The van der Waals surface area contributed by atoms with Crippen molar-refractivity contribution in [1.29, 1.82) is 0 Å². The average molecular weight is 140 g/mol. The summed E-state index contributed by atoms with van der Waals surface area (Å²) < 4.78 is 4.96. The molecule has 0 atom stereocenters. The van der Waals surface area contributed by atoms with Gasteiger partial charge >= 0.3 is 0 Å². The Morgan fingerprint density at radius 3 is 2.60 bits per heavy atom. The van der Waals surface area contributed by atoms with Crippen molar-refractivity contribution in [2.24, 2.45) is 5.73 Å². The van der Waals surface area contributed by atoms with E-state index in [2.05, 4.69) is 5.16 Å². The number of rotatable bonds is 2. The molecule has 10 heavy (non-hydrogen) atoms. The molecule has 0 spiro atoms. The zero-order valence-corrected chi connectivity index (χ0v) is 6.35. The highest BCUT2D eigenvalue weighted by atomic mass is 16.5. The first-order chi connectivity index (χ1) is 4.79. The van der Waals surface area contributed by atoms with Crippen molar-refractivity contribution in [1.82, 2.24) is 5.16 Å². The van der Waals surface area contributed by atoms with Gasteiger partial charge in [-0.1, -0.05) is 12.1 Å². The molecular weight excluding hydrogens is 128 g/mol. The van der Waals surface area contributed by atoms with Gasteiger partial charge in [0.15, 0.2) is 5.76 Å². The Balaban J connectivity index is 2.97. The summed E-state index contributed by atoms with van der Waals surface area (Å²) in [6, 6.07) is 0. The number of nitrogens with two attached hydrogens (primary N) is 1. The molecule has 0 amide bonds. The lowest BCUT2D eigenvalue weighted by Gasteiger charge is -1.89. The zero-order chi connectivity index (χ0) is 7.56. The second-order valence-corrected chi connectivity index (χ2v) is 2.24. The average Bonchev–Trinajstić information content (AvgIpc) is 2.30. The summed E-state index contributed by atoms with van der Waals surface area (Å²) in [5.74, 6) is 0.803. The first kappa shape index (κ1) is 7.28. The predicted octanol–water partition coefficient (Wildman–Crippen LogP) is 1.00. The highest BCUT2D eigenvalue weighted by Crippen LogP contribution is 2.11. The number of hydrogen-bond acceptors (Lipinski definition) is 3. The summed E-state index contributed by atoms with van der Waals surface area (Å²) in [6.07, 6.45) is 0.912. The first-order valence-electron chi connectivity index (χ1n) is 3.43. The van der Waals surface area contributed by atoms with E-state index in [9.17, 15) is 0 Å². The smallest absolute Gasteiger partial charge is 0.153 e. The van der Waals surface area contributed by atoms with Gasteiger partial charge in [0.1, 0.15) is 0 Å². The van der Waals surface area contributed by atoms with Crippen LogP contribution in [0.15, 0.2) is 4.52 Å². The van der Waals surface area contributed by atoms with Crippen LogP contribution in [-0.2, 0) is 13.0 Å². The summed E-state index contributed by atoms with van der Waals surface area (Å²) in [4.78, 5) is 0. The summed E-state index contributed by atoms with van der Waals surface area (Å²) in [5.41, 5.74) is 7.50. The topological polar surface area (TPSA) is 52.0 Å². The molecule has 1 rings (SSSR count). The molecule has 0 aromatic carbocycles. The number of hydrogen-bond donors (Lipinski definition) is 1. The van der Waals surface area contributed by atoms with Crippen molar-refractivity contribution in [3.8, 4) is 0 Å². The minimum atomic E-state index is 0.443. The van der Waals surface area contributed by atoms with Crippen LogP contribution in [0.3, 0.4) is 0 Å². The standard InChI is InChI=1S/C7H12N2O/c1-3-6-5(2)7(4-8)10-9-6/h3-4,8H2,1-2H3. The third-order valence-corrected chi connectivity index (χ3v) is 1.64. The van der Waals surface area contributed by atoms with Crippen LogP contribution in [0.4, 0.5) is 0 Å². The monoisotopic (exact) mass is 140 g/mol. The van der Waals surface area contributed by atoms with E-state index in [1.165, 1.54) is 0 Å². The van der Waals surface area contributed by atoms with E-state index < -0.39 is 0 Å². The maximum Gasteiger partial charge on any atom is 0.153 e. The van der Waals surface area contributed by atoms with E-state index in [4.69, 9.17) is 10.3 Å². The molecule has 3 nitrogen and oxygen atoms in total. The predicted molar refractivity (Wildman–Crippen MR) is 38.5 cm³/mol. The minimum Gasteiger partial charge on any atom is -0.359 e. The Hall–Kier alpha value is -0.830. The normalized spacial score (nSPS) is 10.3. The van der Waals surface area contributed by atoms with Crippen molar-refractivity contribution in [3.05, 3.63) is 17.0 Å². The minimum absolute atomic E-state index is 0.443. The Bertz CT molecular complexity index is 196. The fourth-order valence-corrected chi connectivity index (χ4v) is 0.928. The second kappa shape index (κ2) is 2.84. The quantitative estimate of drug-likeness (QED) is 0.666. The van der Waals surface area contributed by atoms with Gasteiger partial charge < -0.3 is 10.3 Å². The van der Waals surface area contributed by atoms with Crippen molar-refractivity contribution < 1.29 is 4.52 Å². The molecule has 2 N–H and O–H groups in total. The van der Waals surface area contributed by atoms with Gasteiger partial charge in [0.25, 0.3) is 0 Å². The van der Waals surface area contributed by atoms with Gasteiger partial charge in [0, 0.05) is 5.56 Å². The molecule has 0 aliphatic heterocycles. The third-order valence-electron chi connectivity index (χ3n) is 1.64. The van der Waals surface area contributed by atoms with Gasteiger partial charge in [-0.05, 0) is 13.3 Å². The molecule has 56 valence electrons. The van der Waals surface area contributed by atoms with Gasteiger partial charge in [-0.25, -0.2) is 0 Å². The van der Waals surface area contributed by atoms with E-state index in [0.29, 0.717) is 6.54 Å². The van der Waals surface area contributed by atoms with Crippen molar-refractivity contribution in [2.75, 3.05) is 0 Å². The number of nitrogens with zero attached hydrogens (tertiary/aromatic N) is 1. The fourth-order valence-electron chi connectivity index (χ4n) is 0.928. The van der Waals surface area contributed by atoms with Gasteiger partial charge in [0.05, 0.1) is 12.2 Å². The van der Waals surface area contributed by atoms with E-state index in [0.717, 1.165) is 23.4 Å². The van der Waals surface area contributed by atoms with Crippen molar-refractivity contribution in [2.45, 2.75) is 26.8 Å². The van der Waals surface area contributed by atoms with Crippen LogP contribution in [0.1, 0.15) is 23.9 Å². The highest BCUT2D eigenvalue weighted by molar-refractivity contribution is 5.20. The second-order valence-electron chi connectivity index (χ2n) is 2.24. The summed E-state index contributed by atoms with van der Waals surface area (Å²) in [7, 11) is 0. The molecule has 3 heteroatoms. The van der Waals surface area contributed by atoms with E-state index in [1.807, 2.05) is 13.8 Å². The molecule has 1 aromatic rings.